The number of hydrogen-bond donors (Lipinski definition) is 1. The van der Waals surface area contributed by atoms with E-state index >= 15 is 0 Å². The fourth-order valence-corrected chi connectivity index (χ4v) is 2.96. The van der Waals surface area contributed by atoms with Crippen molar-refractivity contribution in [3.63, 3.8) is 0 Å². The lowest BCUT2D eigenvalue weighted by molar-refractivity contribution is -0.143. The Bertz CT molecular complexity index is 267. The first kappa shape index (κ1) is 7.91. The van der Waals surface area contributed by atoms with Crippen LogP contribution in [0.1, 0.15) is 13.3 Å². The van der Waals surface area contributed by atoms with Crippen LogP contribution in [0.25, 0.3) is 0 Å². The fourth-order valence-electron chi connectivity index (χ4n) is 1.50. The lowest BCUT2D eigenvalue weighted by atomic mass is 10.1. The number of aliphatic carboxylic acids is 1. The highest BCUT2D eigenvalue weighted by Gasteiger charge is 2.54. The van der Waals surface area contributed by atoms with Crippen LogP contribution in [0, 0.1) is 0 Å². The van der Waals surface area contributed by atoms with Crippen LogP contribution in [-0.2, 0) is 9.59 Å². The number of rotatable bonds is 1. The lowest BCUT2D eigenvalue weighted by Crippen LogP contribution is -2.48. The van der Waals surface area contributed by atoms with Gasteiger partial charge in [-0.2, -0.15) is 0 Å². The molecule has 1 amide bonds. The summed E-state index contributed by atoms with van der Waals surface area (Å²) in [5.74, 6) is -0.743. The number of fused-ring (bicyclic) bond motifs is 1. The second-order valence-electron chi connectivity index (χ2n) is 3.33. The van der Waals surface area contributed by atoms with Crippen molar-refractivity contribution in [1.29, 1.82) is 0 Å². The first-order valence-electron chi connectivity index (χ1n) is 3.74. The normalized spacial score (nSPS) is 39.2. The first-order chi connectivity index (χ1) is 5.53. The van der Waals surface area contributed by atoms with E-state index in [0.29, 0.717) is 13.0 Å². The molecular formula is C7H9NO3S. The average Bonchev–Trinajstić information content (AvgIpc) is 2.25. The topological polar surface area (TPSA) is 57.6 Å². The highest BCUT2D eigenvalue weighted by Crippen LogP contribution is 2.46. The number of carboxylic acids is 1. The minimum atomic E-state index is -0.824. The molecular weight excluding hydrogens is 178 g/mol. The maximum absolute atomic E-state index is 10.9. The number of carboxylic acid groups (broad SMARTS) is 1. The Hall–Kier alpha value is -0.710. The molecule has 1 N–H and O–H groups in total. The molecule has 5 heteroatoms. The predicted molar refractivity (Wildman–Crippen MR) is 43.7 cm³/mol. The van der Waals surface area contributed by atoms with Crippen LogP contribution >= 0.6 is 11.8 Å². The van der Waals surface area contributed by atoms with Gasteiger partial charge in [-0.3, -0.25) is 9.59 Å². The van der Waals surface area contributed by atoms with Gasteiger partial charge in [0.05, 0.1) is 11.8 Å². The SMILES string of the molecule is CC1(C(=O)O)CN2C(=O)C[C@@H]2S1. The van der Waals surface area contributed by atoms with Crippen molar-refractivity contribution < 1.29 is 14.7 Å². The van der Waals surface area contributed by atoms with Gasteiger partial charge in [0.1, 0.15) is 4.75 Å². The monoisotopic (exact) mass is 187 g/mol. The van der Waals surface area contributed by atoms with Crippen molar-refractivity contribution in [2.24, 2.45) is 0 Å². The first-order valence-corrected chi connectivity index (χ1v) is 4.61. The largest absolute Gasteiger partial charge is 0.480 e. The van der Waals surface area contributed by atoms with E-state index in [-0.39, 0.29) is 11.3 Å². The minimum absolute atomic E-state index is 0.0810. The van der Waals surface area contributed by atoms with Gasteiger partial charge >= 0.3 is 5.97 Å². The second-order valence-corrected chi connectivity index (χ2v) is 5.02. The summed E-state index contributed by atoms with van der Waals surface area (Å²) in [6.45, 7) is 2.03. The average molecular weight is 187 g/mol. The maximum Gasteiger partial charge on any atom is 0.321 e. The third-order valence-corrected chi connectivity index (χ3v) is 3.85. The Kier molecular flexibility index (Phi) is 1.42. The molecule has 0 aromatic heterocycles. The zero-order chi connectivity index (χ0) is 8.93. The molecule has 0 radical (unpaired) electrons. The van der Waals surface area contributed by atoms with Gasteiger partial charge in [-0.25, -0.2) is 0 Å². The number of amides is 1. The number of nitrogens with zero attached hydrogens (tertiary/aromatic N) is 1. The molecule has 2 aliphatic heterocycles. The lowest BCUT2D eigenvalue weighted by Gasteiger charge is -2.32. The number of hydrogen-bond acceptors (Lipinski definition) is 3. The van der Waals surface area contributed by atoms with Crippen LogP contribution in [-0.4, -0.2) is 38.5 Å². The molecule has 66 valence electrons. The van der Waals surface area contributed by atoms with Gasteiger partial charge in [-0.15, -0.1) is 11.8 Å². The summed E-state index contributed by atoms with van der Waals surface area (Å²) in [6, 6.07) is 0. The summed E-state index contributed by atoms with van der Waals surface area (Å²) in [5.41, 5.74) is 0. The molecule has 2 atom stereocenters. The Balaban J connectivity index is 2.16. The van der Waals surface area contributed by atoms with E-state index in [9.17, 15) is 9.59 Å². The van der Waals surface area contributed by atoms with Gasteiger partial charge in [0.15, 0.2) is 0 Å². The maximum atomic E-state index is 10.9. The zero-order valence-corrected chi connectivity index (χ0v) is 7.43. The van der Waals surface area contributed by atoms with E-state index in [1.807, 2.05) is 0 Å². The summed E-state index contributed by atoms with van der Waals surface area (Å²) >= 11 is 1.38. The van der Waals surface area contributed by atoms with E-state index in [4.69, 9.17) is 5.11 Å². The molecule has 1 unspecified atom stereocenters. The standard InChI is InChI=1S/C7H9NO3S/c1-7(6(10)11)3-8-4(9)2-5(8)12-7/h5H,2-3H2,1H3,(H,10,11)/t5-,7?/m0/s1. The van der Waals surface area contributed by atoms with E-state index in [2.05, 4.69) is 0 Å². The zero-order valence-electron chi connectivity index (χ0n) is 6.61. The molecule has 2 aliphatic rings. The minimum Gasteiger partial charge on any atom is -0.480 e. The second kappa shape index (κ2) is 2.16. The van der Waals surface area contributed by atoms with Gasteiger partial charge in [0.25, 0.3) is 0 Å². The molecule has 2 rings (SSSR count). The fraction of sp³-hybridized carbons (Fsp3) is 0.714. The molecule has 0 spiro atoms. The molecule has 2 fully saturated rings. The molecule has 12 heavy (non-hydrogen) atoms. The van der Waals surface area contributed by atoms with Crippen molar-refractivity contribution in [3.05, 3.63) is 0 Å². The van der Waals surface area contributed by atoms with Crippen LogP contribution in [0.2, 0.25) is 0 Å². The van der Waals surface area contributed by atoms with Crippen LogP contribution < -0.4 is 0 Å². The van der Waals surface area contributed by atoms with Gasteiger partial charge in [-0.1, -0.05) is 0 Å². The summed E-state index contributed by atoms with van der Waals surface area (Å²) < 4.78 is -0.781. The molecule has 2 saturated heterocycles. The van der Waals surface area contributed by atoms with E-state index < -0.39 is 10.7 Å². The number of carbonyl (C=O) groups is 2. The smallest absolute Gasteiger partial charge is 0.321 e. The predicted octanol–water partition coefficient (Wildman–Crippen LogP) is 0.135. The third kappa shape index (κ3) is 0.857. The van der Waals surface area contributed by atoms with Crippen LogP contribution in [0.15, 0.2) is 0 Å². The van der Waals surface area contributed by atoms with Crippen molar-refractivity contribution in [2.45, 2.75) is 23.5 Å². The van der Waals surface area contributed by atoms with E-state index in [1.54, 1.807) is 11.8 Å². The van der Waals surface area contributed by atoms with Gasteiger partial charge < -0.3 is 10.0 Å². The number of thioether (sulfide) groups is 1. The van der Waals surface area contributed by atoms with E-state index in [1.165, 1.54) is 11.8 Å². The van der Waals surface area contributed by atoms with Crippen molar-refractivity contribution in [2.75, 3.05) is 6.54 Å². The Morgan fingerprint density at radius 2 is 2.50 bits per heavy atom. The molecule has 0 aromatic carbocycles. The third-order valence-electron chi connectivity index (χ3n) is 2.34. The van der Waals surface area contributed by atoms with Crippen molar-refractivity contribution in [3.8, 4) is 0 Å². The van der Waals surface area contributed by atoms with Gasteiger partial charge in [-0.05, 0) is 6.92 Å². The number of carbonyl (C=O) groups excluding carboxylic acids is 1. The summed E-state index contributed by atoms with van der Waals surface area (Å²) in [4.78, 5) is 23.4. The highest BCUT2D eigenvalue weighted by molar-refractivity contribution is 8.02. The highest BCUT2D eigenvalue weighted by atomic mass is 32.2. The molecule has 0 aliphatic carbocycles. The Morgan fingerprint density at radius 3 is 2.92 bits per heavy atom. The molecule has 4 nitrogen and oxygen atoms in total. The molecule has 0 aromatic rings. The summed E-state index contributed by atoms with van der Waals surface area (Å²) in [7, 11) is 0. The van der Waals surface area contributed by atoms with Crippen LogP contribution in [0.5, 0.6) is 0 Å². The van der Waals surface area contributed by atoms with Crippen LogP contribution in [0.3, 0.4) is 0 Å². The van der Waals surface area contributed by atoms with Crippen LogP contribution in [0.4, 0.5) is 0 Å². The number of β-lactam (4-membered cyclic amide) rings is 1. The quantitative estimate of drug-likeness (QED) is 0.593. The summed E-state index contributed by atoms with van der Waals surface area (Å²) in [5, 5.41) is 8.99. The Labute approximate surface area is 73.9 Å². The van der Waals surface area contributed by atoms with Gasteiger partial charge in [0.2, 0.25) is 5.91 Å². The summed E-state index contributed by atoms with van der Waals surface area (Å²) in [6.07, 6.45) is 0.507. The Morgan fingerprint density at radius 1 is 1.83 bits per heavy atom. The van der Waals surface area contributed by atoms with Gasteiger partial charge in [0, 0.05) is 6.54 Å². The molecule has 2 heterocycles. The molecule has 0 saturated carbocycles. The van der Waals surface area contributed by atoms with Crippen molar-refractivity contribution in [1.82, 2.24) is 4.90 Å². The van der Waals surface area contributed by atoms with Crippen molar-refractivity contribution >= 4 is 23.6 Å². The molecule has 0 bridgehead atoms. The van der Waals surface area contributed by atoms with E-state index in [0.717, 1.165) is 0 Å².